The van der Waals surface area contributed by atoms with Gasteiger partial charge in [0.2, 0.25) is 0 Å². The first-order valence-corrected chi connectivity index (χ1v) is 44.2. The standard InChI is InChI=1S/2C22H35NO3.C21H34O4.C19H28O3.C2H6O.H2O4S/c2*1-4-26-19-11-22(3)13(9-17(19)24)5-7-15-16-8-6-14(12-23)21(16,2)10-18(25)20(15)22;1-4-25-17-11-20(2)12(9-15(17)22)5-6-13-14-7-8-18(24)21(14,3)10-16(23)19(13)20;1-18-9-15-14(22-15)7-10(18)3-4-11-12-5-6-16(21)19(12,2)8-13(20)17(11)18;1-2-3;1-5(2,3)4/h2*13-20,24-25H,4-11H2,1-3H3;12-17,19,22-23H,4-11H2,1-3H3;10-15,17,20H,3-9H2,1-2H3;3H,2H2,1H3;(H2,1,2,3,4)/t13-,14+,15-,16-,17-,18-,19-,20+,21+,22-;13-,14-,15-,16-,17-,18-,19-,20+,21+,22-;12-,13-,14-,15-,16-,17-,19+,20-,21-;10-,11-,12-,13-,14-,15+,17+,18-,19-;;/m0000../s1. The molecule has 17 rings (SSSR count). The number of aliphatic hydroxyl groups is 8. The van der Waals surface area contributed by atoms with E-state index in [-0.39, 0.29) is 134 Å². The molecule has 608 valence electrons. The molecule has 0 unspecified atom stereocenters. The topological polar surface area (TPSA) is 358 Å². The van der Waals surface area contributed by atoms with Gasteiger partial charge in [-0.05, 0) is 322 Å². The van der Waals surface area contributed by atoms with Crippen molar-refractivity contribution in [1.82, 2.24) is 0 Å². The minimum atomic E-state index is -4.67. The van der Waals surface area contributed by atoms with Crippen LogP contribution in [0.25, 0.3) is 0 Å². The predicted octanol–water partition coefficient (Wildman–Crippen LogP) is 12.3. The minimum Gasteiger partial charge on any atom is -0.397 e. The summed E-state index contributed by atoms with van der Waals surface area (Å²) < 4.78 is 55.1. The third-order valence-electron chi connectivity index (χ3n) is 35.5. The molecule has 10 N–H and O–H groups in total. The van der Waals surface area contributed by atoms with E-state index in [9.17, 15) is 55.9 Å². The number of nitrogens with zero attached hydrogens (tertiary/aromatic N) is 2. The summed E-state index contributed by atoms with van der Waals surface area (Å²) in [5, 5.41) is 103. The van der Waals surface area contributed by atoms with Crippen LogP contribution in [0.5, 0.6) is 0 Å². The van der Waals surface area contributed by atoms with Crippen molar-refractivity contribution in [2.45, 2.75) is 336 Å². The average molecular weight is 1520 g/mol. The zero-order valence-electron chi connectivity index (χ0n) is 67.0. The van der Waals surface area contributed by atoms with E-state index < -0.39 is 16.5 Å². The van der Waals surface area contributed by atoms with Crippen molar-refractivity contribution >= 4 is 22.0 Å². The molecule has 0 aromatic carbocycles. The highest BCUT2D eigenvalue weighted by atomic mass is 32.3. The van der Waals surface area contributed by atoms with E-state index in [1.165, 1.54) is 19.3 Å². The highest BCUT2D eigenvalue weighted by Gasteiger charge is 2.70. The number of ether oxygens (including phenoxy) is 4. The molecule has 1 heterocycles. The van der Waals surface area contributed by atoms with Crippen LogP contribution in [-0.4, -0.2) is 170 Å². The lowest BCUT2D eigenvalue weighted by molar-refractivity contribution is -0.201. The van der Waals surface area contributed by atoms with Crippen LogP contribution in [0.3, 0.4) is 0 Å². The van der Waals surface area contributed by atoms with E-state index in [0.29, 0.717) is 140 Å². The molecule has 107 heavy (non-hydrogen) atoms. The SMILES string of the molecule is CCO.CCO[C@H]1C[C@@]2(C)[C@@H](CC[C@@H]3[C@@H]2[C@@H](O)C[C@]2(C)C(=O)CC[C@@H]32)C[C@@H]1O.CCO[C@H]1C[C@@]2(C)[C@@H](CC[C@@H]3[C@@H]2[C@@H](O)C[C@]2(C)[C@@H](C#N)CC[C@@H]32)C[C@@H]1O.CCO[C@H]1C[C@@]2(C)[C@@H](CC[C@@H]3[C@@H]2[C@@H](O)C[C@]2(C)[C@H](C#N)CC[C@@H]32)C[C@@H]1O.C[C@]12C[C@H]3O[C@H]3C[C@@H]1CC[C@@H]1[C@@H]2[C@@H](O)C[C@]2(C)C(=O)CC[C@@H]12.O=S(=O)(O)O. The molecule has 0 spiro atoms. The molecule has 0 amide bonds. The van der Waals surface area contributed by atoms with Gasteiger partial charge in [0, 0.05) is 50.1 Å². The van der Waals surface area contributed by atoms with Gasteiger partial charge in [-0.25, -0.2) is 0 Å². The van der Waals surface area contributed by atoms with E-state index in [0.717, 1.165) is 141 Å². The number of ketones is 2. The van der Waals surface area contributed by atoms with Crippen LogP contribution in [0.15, 0.2) is 0 Å². The van der Waals surface area contributed by atoms with Crippen LogP contribution in [-0.2, 0) is 38.9 Å². The Morgan fingerprint density at radius 1 is 0.393 bits per heavy atom. The van der Waals surface area contributed by atoms with E-state index in [4.69, 9.17) is 41.6 Å². The molecule has 0 aromatic heterocycles. The van der Waals surface area contributed by atoms with Crippen LogP contribution < -0.4 is 0 Å². The van der Waals surface area contributed by atoms with Gasteiger partial charge in [-0.1, -0.05) is 55.4 Å². The van der Waals surface area contributed by atoms with E-state index in [1.807, 2.05) is 20.8 Å². The number of hydrogen-bond acceptors (Lipinski definition) is 18. The first-order valence-electron chi connectivity index (χ1n) is 42.8. The molecule has 0 radical (unpaired) electrons. The van der Waals surface area contributed by atoms with Gasteiger partial charge in [0.1, 0.15) is 11.6 Å². The summed E-state index contributed by atoms with van der Waals surface area (Å²) in [5.74, 6) is 8.40. The fourth-order valence-electron chi connectivity index (χ4n) is 30.9. The Hall–Kier alpha value is -2.29. The number of Topliss-reactive ketones (excluding diaryl/α,β-unsaturated/α-hetero) is 2. The minimum absolute atomic E-state index is 0.00830. The molecule has 17 fully saturated rings. The van der Waals surface area contributed by atoms with E-state index >= 15 is 0 Å². The fourth-order valence-corrected chi connectivity index (χ4v) is 30.9. The molecule has 16 saturated carbocycles. The lowest BCUT2D eigenvalue weighted by atomic mass is 9.43. The number of carbonyl (C=O) groups excluding carboxylic acids is 2. The number of epoxide rings is 1. The molecule has 1 saturated heterocycles. The molecule has 0 bridgehead atoms. The van der Waals surface area contributed by atoms with Crippen LogP contribution in [0.4, 0.5) is 0 Å². The highest BCUT2D eigenvalue weighted by molar-refractivity contribution is 7.79. The summed E-state index contributed by atoms with van der Waals surface area (Å²) >= 11 is 0. The second-order valence-electron chi connectivity index (χ2n) is 40.1. The Bertz CT molecular complexity index is 3220. The average Bonchev–Trinajstić information content (AvgIpc) is 1.69. The van der Waals surface area contributed by atoms with Gasteiger partial charge >= 0.3 is 10.4 Å². The van der Waals surface area contributed by atoms with Crippen LogP contribution >= 0.6 is 0 Å². The maximum atomic E-state index is 12.5. The van der Waals surface area contributed by atoms with Crippen LogP contribution in [0.2, 0.25) is 0 Å². The molecule has 17 aliphatic rings. The van der Waals surface area contributed by atoms with Crippen molar-refractivity contribution in [3.8, 4) is 12.1 Å². The number of nitriles is 2. The molecule has 0 aromatic rings. The van der Waals surface area contributed by atoms with Gasteiger partial charge in [-0.2, -0.15) is 18.9 Å². The lowest BCUT2D eigenvalue weighted by Crippen LogP contribution is -2.61. The summed E-state index contributed by atoms with van der Waals surface area (Å²) in [6, 6.07) is 5.10. The molecule has 16 aliphatic carbocycles. The number of carbonyl (C=O) groups is 2. The van der Waals surface area contributed by atoms with Gasteiger partial charge in [-0.15, -0.1) is 0 Å². The van der Waals surface area contributed by atoms with Gasteiger partial charge < -0.3 is 59.8 Å². The number of rotatable bonds is 6. The quantitative estimate of drug-likeness (QED) is 0.0872. The summed E-state index contributed by atoms with van der Waals surface area (Å²) in [4.78, 5) is 25.0. The van der Waals surface area contributed by atoms with Gasteiger partial charge in [0.25, 0.3) is 0 Å². The molecular formula is C86H140N2O18S. The Balaban J connectivity index is 0.000000129. The largest absolute Gasteiger partial charge is 0.397 e. The third kappa shape index (κ3) is 14.9. The normalized spacial score (nSPS) is 53.8. The Kier molecular flexibility index (Phi) is 24.9. The number of fused-ring (bicyclic) bond motifs is 21. The lowest BCUT2D eigenvalue weighted by Gasteiger charge is -2.62. The molecule has 21 heteroatoms. The molecular weight excluding hydrogens is 1380 g/mol. The molecule has 20 nitrogen and oxygen atoms in total. The van der Waals surface area contributed by atoms with E-state index in [2.05, 4.69) is 67.5 Å². The van der Waals surface area contributed by atoms with Gasteiger partial charge in [0.05, 0.1) is 97.2 Å². The first-order chi connectivity index (χ1) is 50.3. The van der Waals surface area contributed by atoms with Gasteiger partial charge in [-0.3, -0.25) is 18.7 Å². The Labute approximate surface area is 640 Å². The molecule has 38 atom stereocenters. The van der Waals surface area contributed by atoms with Crippen molar-refractivity contribution in [3.05, 3.63) is 0 Å². The Morgan fingerprint density at radius 3 is 0.991 bits per heavy atom. The summed E-state index contributed by atoms with van der Waals surface area (Å²) in [6.45, 7) is 28.0. The zero-order chi connectivity index (χ0) is 77.8. The van der Waals surface area contributed by atoms with Crippen LogP contribution in [0, 0.1) is 173 Å². The molecule has 1 aliphatic heterocycles. The van der Waals surface area contributed by atoms with Crippen LogP contribution in [0.1, 0.15) is 263 Å². The summed E-state index contributed by atoms with van der Waals surface area (Å²) in [5.41, 5.74) is -0.283. The predicted molar refractivity (Wildman–Crippen MR) is 402 cm³/mol. The van der Waals surface area contributed by atoms with Crippen molar-refractivity contribution < 1.29 is 86.9 Å². The Morgan fingerprint density at radius 2 is 0.682 bits per heavy atom. The third-order valence-corrected chi connectivity index (χ3v) is 35.5. The van der Waals surface area contributed by atoms with Crippen molar-refractivity contribution in [2.24, 2.45) is 150 Å². The summed E-state index contributed by atoms with van der Waals surface area (Å²) in [7, 11) is -4.67. The monoisotopic (exact) mass is 1520 g/mol. The zero-order valence-corrected chi connectivity index (χ0v) is 67.8. The maximum Gasteiger partial charge on any atom is 0.394 e. The van der Waals surface area contributed by atoms with Crippen molar-refractivity contribution in [3.63, 3.8) is 0 Å². The second kappa shape index (κ2) is 31.7. The van der Waals surface area contributed by atoms with Gasteiger partial charge in [0.15, 0.2) is 0 Å². The van der Waals surface area contributed by atoms with Crippen molar-refractivity contribution in [1.29, 1.82) is 10.5 Å². The number of aliphatic hydroxyl groups excluding tert-OH is 8. The first kappa shape index (κ1) is 84.1. The highest BCUT2D eigenvalue weighted by Crippen LogP contribution is 2.72. The number of hydrogen-bond donors (Lipinski definition) is 10. The smallest absolute Gasteiger partial charge is 0.394 e. The maximum absolute atomic E-state index is 12.5. The summed E-state index contributed by atoms with van der Waals surface area (Å²) in [6.07, 6.45) is 25.4. The van der Waals surface area contributed by atoms with E-state index in [1.54, 1.807) is 6.92 Å². The fraction of sp³-hybridized carbons (Fsp3) is 0.953. The van der Waals surface area contributed by atoms with Crippen molar-refractivity contribution in [2.75, 3.05) is 26.4 Å². The second-order valence-corrected chi connectivity index (χ2v) is 41.0.